The van der Waals surface area contributed by atoms with Crippen molar-refractivity contribution in [2.45, 2.75) is 43.1 Å². The Morgan fingerprint density at radius 3 is 2.41 bits per heavy atom. The van der Waals surface area contributed by atoms with E-state index in [0.29, 0.717) is 19.4 Å². The van der Waals surface area contributed by atoms with Gasteiger partial charge >= 0.3 is 0 Å². The van der Waals surface area contributed by atoms with Gasteiger partial charge in [-0.3, -0.25) is 10.1 Å². The fourth-order valence-electron chi connectivity index (χ4n) is 2.94. The van der Waals surface area contributed by atoms with Gasteiger partial charge in [0.15, 0.2) is 0 Å². The van der Waals surface area contributed by atoms with E-state index in [2.05, 4.69) is 10.5 Å². The molecular weight excluding hydrogens is 400 g/mol. The van der Waals surface area contributed by atoms with E-state index < -0.39 is 41.3 Å². The van der Waals surface area contributed by atoms with Crippen molar-refractivity contribution in [3.63, 3.8) is 0 Å². The van der Waals surface area contributed by atoms with Crippen LogP contribution in [0.4, 0.5) is 11.4 Å². The monoisotopic (exact) mass is 422 g/mol. The summed E-state index contributed by atoms with van der Waals surface area (Å²) in [5.41, 5.74) is -1.07. The first-order valence-corrected chi connectivity index (χ1v) is 11.1. The largest absolute Gasteiger partial charge is 0.390 e. The Bertz CT molecular complexity index is 919. The summed E-state index contributed by atoms with van der Waals surface area (Å²) in [7, 11) is -9.11. The highest BCUT2D eigenvalue weighted by atomic mass is 32.3. The first-order chi connectivity index (χ1) is 12.3. The van der Waals surface area contributed by atoms with E-state index >= 15 is 0 Å². The van der Waals surface area contributed by atoms with Crippen LogP contribution in [-0.2, 0) is 20.2 Å². The maximum atomic E-state index is 12.0. The molecule has 0 bridgehead atoms. The number of benzene rings is 1. The predicted molar refractivity (Wildman–Crippen MR) is 97.6 cm³/mol. The van der Waals surface area contributed by atoms with Crippen LogP contribution in [0.1, 0.15) is 32.6 Å². The van der Waals surface area contributed by atoms with Crippen LogP contribution in [0.2, 0.25) is 0 Å². The average Bonchev–Trinajstić information content (AvgIpc) is 2.51. The highest BCUT2D eigenvalue weighted by Crippen LogP contribution is 2.33. The van der Waals surface area contributed by atoms with Crippen LogP contribution in [-0.4, -0.2) is 39.0 Å². The minimum Gasteiger partial charge on any atom is -0.390 e. The zero-order valence-electron chi connectivity index (χ0n) is 14.6. The zero-order chi connectivity index (χ0) is 20.5. The molecule has 1 aliphatic rings. The molecule has 0 amide bonds. The number of hydrogen-bond donors (Lipinski definition) is 4. The van der Waals surface area contributed by atoms with Crippen molar-refractivity contribution in [2.24, 2.45) is 11.1 Å². The Morgan fingerprint density at radius 2 is 1.89 bits per heavy atom. The lowest BCUT2D eigenvalue weighted by molar-refractivity contribution is -0.384. The summed E-state index contributed by atoms with van der Waals surface area (Å²) in [5.74, 6) is 0.220. The number of sulfonamides is 1. The van der Waals surface area contributed by atoms with Crippen LogP contribution in [0.3, 0.4) is 0 Å². The second kappa shape index (κ2) is 7.67. The predicted octanol–water partition coefficient (Wildman–Crippen LogP) is 0.430. The van der Waals surface area contributed by atoms with Crippen LogP contribution < -0.4 is 14.6 Å². The van der Waals surface area contributed by atoms with Crippen molar-refractivity contribution in [2.75, 3.05) is 11.9 Å². The molecular formula is C14H22N4O7S2. The topological polar surface area (TPSA) is 182 Å². The van der Waals surface area contributed by atoms with E-state index in [1.807, 2.05) is 0 Å². The summed E-state index contributed by atoms with van der Waals surface area (Å²) in [5, 5.41) is 28.8. The zero-order valence-corrected chi connectivity index (χ0v) is 16.2. The summed E-state index contributed by atoms with van der Waals surface area (Å²) >= 11 is 0. The lowest BCUT2D eigenvalue weighted by Crippen LogP contribution is -2.36. The molecule has 1 fully saturated rings. The van der Waals surface area contributed by atoms with Crippen LogP contribution in [0.15, 0.2) is 23.1 Å². The highest BCUT2D eigenvalue weighted by Gasteiger charge is 2.29. The van der Waals surface area contributed by atoms with Crippen molar-refractivity contribution >= 4 is 31.6 Å². The molecule has 0 saturated heterocycles. The van der Waals surface area contributed by atoms with Gasteiger partial charge in [0.25, 0.3) is 25.9 Å². The number of nitrogens with zero attached hydrogens (tertiary/aromatic N) is 1. The second-order valence-corrected chi connectivity index (χ2v) is 10.1. The van der Waals surface area contributed by atoms with E-state index in [1.54, 1.807) is 6.92 Å². The van der Waals surface area contributed by atoms with Gasteiger partial charge in [-0.15, -0.1) is 0 Å². The maximum absolute atomic E-state index is 12.0. The highest BCUT2D eigenvalue weighted by molar-refractivity contribution is 8.03. The van der Waals surface area contributed by atoms with Crippen molar-refractivity contribution in [1.82, 2.24) is 4.13 Å². The molecule has 152 valence electrons. The van der Waals surface area contributed by atoms with Crippen LogP contribution in [0, 0.1) is 16.0 Å². The number of nitro benzene ring substituents is 1. The second-order valence-electron chi connectivity index (χ2n) is 6.89. The molecule has 1 aliphatic carbocycles. The summed E-state index contributed by atoms with van der Waals surface area (Å²) in [6.45, 7) is 2.20. The van der Waals surface area contributed by atoms with Gasteiger partial charge < -0.3 is 10.4 Å². The molecule has 5 N–H and O–H groups in total. The fraction of sp³-hybridized carbons (Fsp3) is 0.571. The molecule has 27 heavy (non-hydrogen) atoms. The summed E-state index contributed by atoms with van der Waals surface area (Å²) < 4.78 is 47.1. The number of hydrogen-bond acceptors (Lipinski definition) is 8. The van der Waals surface area contributed by atoms with Gasteiger partial charge in [-0.2, -0.15) is 8.42 Å². The van der Waals surface area contributed by atoms with Gasteiger partial charge in [-0.25, -0.2) is 13.6 Å². The molecule has 0 aromatic heterocycles. The van der Waals surface area contributed by atoms with E-state index in [-0.39, 0.29) is 11.6 Å². The lowest BCUT2D eigenvalue weighted by Gasteiger charge is -2.33. The normalized spacial score (nSPS) is 23.7. The molecule has 1 saturated carbocycles. The molecule has 0 atom stereocenters. The summed E-state index contributed by atoms with van der Waals surface area (Å²) in [6, 6.07) is 3.02. The SMILES string of the molecule is CC1(O)CCC(CNc2ccc(S(=O)(=O)NS(N)(=O)=O)cc2[N+](=O)[O-])CC1. The molecule has 1 aromatic rings. The molecule has 0 radical (unpaired) electrons. The third kappa shape index (κ3) is 6.10. The van der Waals surface area contributed by atoms with E-state index in [1.165, 1.54) is 10.2 Å². The molecule has 0 heterocycles. The standard InChI is InChI=1S/C14H22N4O7S2/c1-14(19)6-4-10(5-7-14)9-16-12-3-2-11(8-13(12)18(20)21)26(22,23)17-27(15,24)25/h2-3,8,10,16-17,19H,4-7,9H2,1H3,(H2,15,24,25). The third-order valence-electron chi connectivity index (χ3n) is 4.47. The number of nitro groups is 1. The van der Waals surface area contributed by atoms with Gasteiger partial charge in [0.1, 0.15) is 5.69 Å². The minimum atomic E-state index is -4.56. The molecule has 11 nitrogen and oxygen atoms in total. The Labute approximate surface area is 157 Å². The number of aliphatic hydroxyl groups is 1. The quantitative estimate of drug-likeness (QED) is 0.360. The third-order valence-corrected chi connectivity index (χ3v) is 7.15. The van der Waals surface area contributed by atoms with Gasteiger partial charge in [0.05, 0.1) is 15.4 Å². The molecule has 0 spiro atoms. The van der Waals surface area contributed by atoms with Crippen LogP contribution in [0.5, 0.6) is 0 Å². The first-order valence-electron chi connectivity index (χ1n) is 8.10. The Hall–Kier alpha value is -1.80. The summed E-state index contributed by atoms with van der Waals surface area (Å²) in [4.78, 5) is 9.94. The number of rotatable bonds is 7. The Kier molecular flexibility index (Phi) is 6.11. The average molecular weight is 422 g/mol. The number of nitrogens with two attached hydrogens (primary N) is 1. The Morgan fingerprint density at radius 1 is 1.30 bits per heavy atom. The molecule has 1 aromatic carbocycles. The van der Waals surface area contributed by atoms with Gasteiger partial charge in [0.2, 0.25) is 0 Å². The van der Waals surface area contributed by atoms with E-state index in [0.717, 1.165) is 25.0 Å². The maximum Gasteiger partial charge on any atom is 0.293 e. The number of anilines is 1. The molecule has 13 heteroatoms. The minimum absolute atomic E-state index is 0.117. The lowest BCUT2D eigenvalue weighted by atomic mass is 9.80. The van der Waals surface area contributed by atoms with E-state index in [4.69, 9.17) is 0 Å². The van der Waals surface area contributed by atoms with Crippen molar-refractivity contribution in [3.05, 3.63) is 28.3 Å². The molecule has 2 rings (SSSR count). The molecule has 0 unspecified atom stereocenters. The van der Waals surface area contributed by atoms with Gasteiger partial charge in [0, 0.05) is 12.6 Å². The number of nitrogens with one attached hydrogen (secondary N) is 2. The van der Waals surface area contributed by atoms with Crippen LogP contribution in [0.25, 0.3) is 0 Å². The smallest absolute Gasteiger partial charge is 0.293 e. The van der Waals surface area contributed by atoms with E-state index in [9.17, 15) is 32.1 Å². The fourth-order valence-corrected chi connectivity index (χ4v) is 5.06. The Balaban J connectivity index is 2.18. The molecule has 0 aliphatic heterocycles. The van der Waals surface area contributed by atoms with Crippen molar-refractivity contribution < 1.29 is 26.9 Å². The first kappa shape index (κ1) is 21.5. The van der Waals surface area contributed by atoms with Crippen molar-refractivity contribution in [1.29, 1.82) is 0 Å². The van der Waals surface area contributed by atoms with Gasteiger partial charge in [-0.05, 0) is 50.7 Å². The van der Waals surface area contributed by atoms with Crippen LogP contribution >= 0.6 is 0 Å². The summed E-state index contributed by atoms with van der Waals surface area (Å²) in [6.07, 6.45) is 2.80. The van der Waals surface area contributed by atoms with Crippen molar-refractivity contribution in [3.8, 4) is 0 Å². The van der Waals surface area contributed by atoms with Gasteiger partial charge in [-0.1, -0.05) is 4.13 Å².